The van der Waals surface area contributed by atoms with Crippen molar-refractivity contribution < 1.29 is 24.5 Å². The first-order valence-electron chi connectivity index (χ1n) is 10.2. The van der Waals surface area contributed by atoms with Crippen LogP contribution in [0.5, 0.6) is 0 Å². The number of hydrogen-bond donors (Lipinski definition) is 4. The predicted molar refractivity (Wildman–Crippen MR) is 113 cm³/mol. The van der Waals surface area contributed by atoms with Gasteiger partial charge in [0.25, 0.3) is 0 Å². The number of nitrogens with zero attached hydrogens (tertiary/aromatic N) is 4. The molecule has 3 aromatic heterocycles. The zero-order valence-electron chi connectivity index (χ0n) is 17.0. The number of aromatic amines is 1. The minimum absolute atomic E-state index is 0.180. The molecule has 4 atom stereocenters. The first-order chi connectivity index (χ1) is 15.5. The second-order valence-corrected chi connectivity index (χ2v) is 7.67. The number of esters is 1. The van der Waals surface area contributed by atoms with E-state index in [-0.39, 0.29) is 18.8 Å². The fourth-order valence-corrected chi connectivity index (χ4v) is 3.98. The van der Waals surface area contributed by atoms with Crippen molar-refractivity contribution in [2.24, 2.45) is 0 Å². The molecule has 166 valence electrons. The number of nitrogens with two attached hydrogens (primary N) is 1. The molecule has 11 heteroatoms. The molecule has 5 rings (SSSR count). The molecule has 0 unspecified atom stereocenters. The highest BCUT2D eigenvalue weighted by Gasteiger charge is 2.44. The topological polar surface area (TPSA) is 161 Å². The van der Waals surface area contributed by atoms with E-state index in [0.717, 1.165) is 16.5 Å². The Morgan fingerprint density at radius 2 is 2.06 bits per heavy atom. The van der Waals surface area contributed by atoms with Crippen molar-refractivity contribution in [2.45, 2.75) is 37.4 Å². The van der Waals surface area contributed by atoms with Gasteiger partial charge in [0, 0.05) is 23.5 Å². The second kappa shape index (κ2) is 8.19. The van der Waals surface area contributed by atoms with Crippen LogP contribution < -0.4 is 5.73 Å². The van der Waals surface area contributed by atoms with E-state index < -0.39 is 30.5 Å². The summed E-state index contributed by atoms with van der Waals surface area (Å²) in [4.78, 5) is 27.6. The SMILES string of the molecule is Nc1ncnc2c1ncn2[C@@H]1O[C@H](COC(=O)CCc2c[nH]c3ccccc23)[C@@H](O)[C@H]1O. The monoisotopic (exact) mass is 438 g/mol. The van der Waals surface area contributed by atoms with Crippen LogP contribution in [0, 0.1) is 0 Å². The van der Waals surface area contributed by atoms with E-state index in [4.69, 9.17) is 15.2 Å². The molecule has 5 N–H and O–H groups in total. The number of aliphatic hydroxyl groups is 2. The maximum atomic E-state index is 12.3. The molecule has 1 aliphatic rings. The van der Waals surface area contributed by atoms with E-state index in [1.165, 1.54) is 17.2 Å². The van der Waals surface area contributed by atoms with E-state index in [1.54, 1.807) is 0 Å². The lowest BCUT2D eigenvalue weighted by Gasteiger charge is -2.16. The smallest absolute Gasteiger partial charge is 0.306 e. The summed E-state index contributed by atoms with van der Waals surface area (Å²) in [6.07, 6.45) is 0.893. The van der Waals surface area contributed by atoms with Gasteiger partial charge in [0.15, 0.2) is 17.7 Å². The van der Waals surface area contributed by atoms with E-state index >= 15 is 0 Å². The highest BCUT2D eigenvalue weighted by Crippen LogP contribution is 2.32. The molecule has 0 aliphatic carbocycles. The molecule has 4 heterocycles. The number of aliphatic hydroxyl groups excluding tert-OH is 2. The molecule has 11 nitrogen and oxygen atoms in total. The number of imidazole rings is 1. The molecule has 0 bridgehead atoms. The number of para-hydroxylation sites is 1. The van der Waals surface area contributed by atoms with E-state index in [2.05, 4.69) is 19.9 Å². The van der Waals surface area contributed by atoms with Crippen molar-refractivity contribution >= 4 is 33.9 Å². The Labute approximate surface area is 181 Å². The third kappa shape index (κ3) is 3.55. The van der Waals surface area contributed by atoms with Gasteiger partial charge in [0.1, 0.15) is 36.8 Å². The molecule has 0 amide bonds. The highest BCUT2D eigenvalue weighted by molar-refractivity contribution is 5.83. The minimum Gasteiger partial charge on any atom is -0.463 e. The zero-order valence-corrected chi connectivity index (χ0v) is 17.0. The standard InChI is InChI=1S/C21H22N6O5/c22-19-16-20(25-9-24-19)27(10-26-16)21-18(30)17(29)14(32-21)8-31-15(28)6-5-11-7-23-13-4-2-1-3-12(11)13/h1-4,7,9-10,14,17-18,21,23,29-30H,5-6,8H2,(H2,22,24,25)/t14-,17-,18-,21-/m1/s1. The quantitative estimate of drug-likeness (QED) is 0.317. The van der Waals surface area contributed by atoms with Gasteiger partial charge in [0.2, 0.25) is 0 Å². The Balaban J connectivity index is 1.20. The van der Waals surface area contributed by atoms with Crippen LogP contribution in [0.3, 0.4) is 0 Å². The van der Waals surface area contributed by atoms with Gasteiger partial charge >= 0.3 is 5.97 Å². The number of nitrogen functional groups attached to an aromatic ring is 1. The summed E-state index contributed by atoms with van der Waals surface area (Å²) < 4.78 is 12.6. The summed E-state index contributed by atoms with van der Waals surface area (Å²) in [5.74, 6) is -0.222. The van der Waals surface area contributed by atoms with Crippen LogP contribution in [0.25, 0.3) is 22.1 Å². The molecule has 1 fully saturated rings. The lowest BCUT2D eigenvalue weighted by molar-refractivity contribution is -0.150. The highest BCUT2D eigenvalue weighted by atomic mass is 16.6. The number of carbonyl (C=O) groups excluding carboxylic acids is 1. The fourth-order valence-electron chi connectivity index (χ4n) is 3.98. The largest absolute Gasteiger partial charge is 0.463 e. The third-order valence-corrected chi connectivity index (χ3v) is 5.68. The average Bonchev–Trinajstić information content (AvgIpc) is 3.48. The van der Waals surface area contributed by atoms with Crippen molar-refractivity contribution in [1.82, 2.24) is 24.5 Å². The van der Waals surface area contributed by atoms with Crippen molar-refractivity contribution in [2.75, 3.05) is 12.3 Å². The maximum absolute atomic E-state index is 12.3. The van der Waals surface area contributed by atoms with Crippen LogP contribution in [-0.4, -0.2) is 65.6 Å². The molecular formula is C21H22N6O5. The first-order valence-corrected chi connectivity index (χ1v) is 10.2. The Morgan fingerprint density at radius 1 is 1.22 bits per heavy atom. The van der Waals surface area contributed by atoms with Gasteiger partial charge in [-0.25, -0.2) is 15.0 Å². The van der Waals surface area contributed by atoms with Crippen molar-refractivity contribution in [3.05, 3.63) is 48.7 Å². The summed E-state index contributed by atoms with van der Waals surface area (Å²) in [7, 11) is 0. The average molecular weight is 438 g/mol. The molecule has 0 spiro atoms. The number of fused-ring (bicyclic) bond motifs is 2. The Kier molecular flexibility index (Phi) is 5.21. The number of aromatic nitrogens is 5. The van der Waals surface area contributed by atoms with Gasteiger partial charge in [0.05, 0.1) is 6.33 Å². The number of hydrogen-bond acceptors (Lipinski definition) is 9. The number of anilines is 1. The zero-order chi connectivity index (χ0) is 22.2. The lowest BCUT2D eigenvalue weighted by atomic mass is 10.1. The molecule has 1 aliphatic heterocycles. The number of benzene rings is 1. The number of nitrogens with one attached hydrogen (secondary N) is 1. The van der Waals surface area contributed by atoms with Crippen LogP contribution in [0.1, 0.15) is 18.2 Å². The van der Waals surface area contributed by atoms with Crippen molar-refractivity contribution in [3.8, 4) is 0 Å². The predicted octanol–water partition coefficient (Wildman–Crippen LogP) is 0.685. The molecule has 32 heavy (non-hydrogen) atoms. The van der Waals surface area contributed by atoms with Crippen LogP contribution in [0.2, 0.25) is 0 Å². The summed E-state index contributed by atoms with van der Waals surface area (Å²) in [6.45, 7) is -0.189. The second-order valence-electron chi connectivity index (χ2n) is 7.67. The number of carbonyl (C=O) groups is 1. The molecular weight excluding hydrogens is 416 g/mol. The minimum atomic E-state index is -1.27. The van der Waals surface area contributed by atoms with Crippen LogP contribution >= 0.6 is 0 Å². The molecule has 4 aromatic rings. The van der Waals surface area contributed by atoms with Gasteiger partial charge in [-0.05, 0) is 18.1 Å². The summed E-state index contributed by atoms with van der Waals surface area (Å²) >= 11 is 0. The summed E-state index contributed by atoms with van der Waals surface area (Å²) in [6, 6.07) is 7.86. The lowest BCUT2D eigenvalue weighted by Crippen LogP contribution is -2.34. The van der Waals surface area contributed by atoms with E-state index in [1.807, 2.05) is 30.5 Å². The van der Waals surface area contributed by atoms with Gasteiger partial charge in [-0.1, -0.05) is 18.2 Å². The molecule has 0 saturated carbocycles. The van der Waals surface area contributed by atoms with Gasteiger partial charge in [-0.3, -0.25) is 9.36 Å². The van der Waals surface area contributed by atoms with Crippen LogP contribution in [-0.2, 0) is 20.7 Å². The normalized spacial score (nSPS) is 23.2. The van der Waals surface area contributed by atoms with E-state index in [0.29, 0.717) is 17.6 Å². The Morgan fingerprint density at radius 3 is 2.94 bits per heavy atom. The van der Waals surface area contributed by atoms with Crippen molar-refractivity contribution in [1.29, 1.82) is 0 Å². The number of rotatable bonds is 6. The van der Waals surface area contributed by atoms with Crippen molar-refractivity contribution in [3.63, 3.8) is 0 Å². The maximum Gasteiger partial charge on any atom is 0.306 e. The Bertz CT molecular complexity index is 1270. The summed E-state index contributed by atoms with van der Waals surface area (Å²) in [5.41, 5.74) is 8.56. The number of aryl methyl sites for hydroxylation is 1. The first kappa shape index (κ1) is 20.4. The van der Waals surface area contributed by atoms with Gasteiger partial charge < -0.3 is 30.4 Å². The van der Waals surface area contributed by atoms with Gasteiger partial charge in [-0.2, -0.15) is 0 Å². The molecule has 0 radical (unpaired) electrons. The fraction of sp³-hybridized carbons (Fsp3) is 0.333. The van der Waals surface area contributed by atoms with E-state index in [9.17, 15) is 15.0 Å². The molecule has 1 saturated heterocycles. The Hall–Kier alpha value is -3.54. The van der Waals surface area contributed by atoms with Crippen LogP contribution in [0.4, 0.5) is 5.82 Å². The van der Waals surface area contributed by atoms with Crippen LogP contribution in [0.15, 0.2) is 43.1 Å². The molecule has 1 aromatic carbocycles. The summed E-state index contributed by atoms with van der Waals surface area (Å²) in [5, 5.41) is 22.0. The third-order valence-electron chi connectivity index (χ3n) is 5.68. The van der Waals surface area contributed by atoms with Gasteiger partial charge in [-0.15, -0.1) is 0 Å². The number of ether oxygens (including phenoxy) is 2. The number of H-pyrrole nitrogens is 1.